The van der Waals surface area contributed by atoms with Crippen molar-refractivity contribution in [3.63, 3.8) is 0 Å². The average Bonchev–Trinajstić information content (AvgIpc) is 3.00. The maximum atomic E-state index is 13.6. The fraction of sp³-hybridized carbons (Fsp3) is 0.222. The lowest BCUT2D eigenvalue weighted by Gasteiger charge is -2.14. The summed E-state index contributed by atoms with van der Waals surface area (Å²) in [4.78, 5) is 19.5. The second-order valence-corrected chi connectivity index (χ2v) is 6.09. The zero-order valence-corrected chi connectivity index (χ0v) is 15.0. The van der Waals surface area contributed by atoms with Crippen LogP contribution in [0, 0.1) is 0 Å². The maximum Gasteiger partial charge on any atom is 0.287 e. The van der Waals surface area contributed by atoms with Crippen molar-refractivity contribution in [2.75, 3.05) is 10.6 Å². The molecule has 0 unspecified atom stereocenters. The fourth-order valence-electron chi connectivity index (χ4n) is 2.46. The summed E-state index contributed by atoms with van der Waals surface area (Å²) in [6.45, 7) is 2.16. The zero-order valence-electron chi connectivity index (χ0n) is 15.0. The normalized spacial score (nSPS) is 11.3. The predicted molar refractivity (Wildman–Crippen MR) is 97.8 cm³/mol. The van der Waals surface area contributed by atoms with Crippen LogP contribution in [0.5, 0.6) is 0 Å². The van der Waals surface area contributed by atoms with E-state index < -0.39 is 5.92 Å². The number of pyridine rings is 2. The third kappa shape index (κ3) is 4.43. The minimum atomic E-state index is -3.05. The van der Waals surface area contributed by atoms with Crippen LogP contribution in [-0.4, -0.2) is 25.7 Å². The molecule has 0 aliphatic carbocycles. The molecule has 0 atom stereocenters. The number of carbonyl (C=O) groups is 1. The molecule has 2 N–H and O–H groups in total. The standard InChI is InChI=1S/C18H18F2N6O/c1-11(27)22-17-9-14(12(10-21-17)13-7-8-26(3)25-13)23-16-6-4-5-15(24-16)18(2,19)20/h4-10H,1-3H3,(H2,21,22,23,24,27). The average molecular weight is 372 g/mol. The number of rotatable bonds is 5. The lowest BCUT2D eigenvalue weighted by atomic mass is 10.1. The Morgan fingerprint density at radius 2 is 2.00 bits per heavy atom. The first kappa shape index (κ1) is 18.4. The number of nitrogens with zero attached hydrogens (tertiary/aromatic N) is 4. The molecule has 3 aromatic heterocycles. The molecule has 1 amide bonds. The van der Waals surface area contributed by atoms with Gasteiger partial charge in [0.25, 0.3) is 5.92 Å². The Hall–Kier alpha value is -3.36. The molecule has 140 valence electrons. The molecular formula is C18H18F2N6O. The number of carbonyl (C=O) groups excluding carboxylic acids is 1. The van der Waals surface area contributed by atoms with Crippen molar-refractivity contribution >= 4 is 23.2 Å². The van der Waals surface area contributed by atoms with Gasteiger partial charge in [-0.15, -0.1) is 0 Å². The van der Waals surface area contributed by atoms with Crippen LogP contribution >= 0.6 is 0 Å². The zero-order chi connectivity index (χ0) is 19.6. The van der Waals surface area contributed by atoms with E-state index in [0.29, 0.717) is 22.8 Å². The van der Waals surface area contributed by atoms with E-state index in [0.717, 1.165) is 6.92 Å². The van der Waals surface area contributed by atoms with Crippen LogP contribution in [0.3, 0.4) is 0 Å². The van der Waals surface area contributed by atoms with Gasteiger partial charge in [-0.2, -0.15) is 13.9 Å². The topological polar surface area (TPSA) is 84.7 Å². The number of hydrogen-bond donors (Lipinski definition) is 2. The number of aromatic nitrogens is 4. The molecule has 0 fully saturated rings. The summed E-state index contributed by atoms with van der Waals surface area (Å²) in [5.41, 5.74) is 1.46. The van der Waals surface area contributed by atoms with Gasteiger partial charge in [-0.3, -0.25) is 9.48 Å². The molecule has 3 rings (SSSR count). The Labute approximate surface area is 154 Å². The summed E-state index contributed by atoms with van der Waals surface area (Å²) < 4.78 is 28.8. The highest BCUT2D eigenvalue weighted by Gasteiger charge is 2.26. The first-order chi connectivity index (χ1) is 12.7. The molecule has 0 aliphatic heterocycles. The van der Waals surface area contributed by atoms with E-state index in [4.69, 9.17) is 0 Å². The van der Waals surface area contributed by atoms with E-state index in [2.05, 4.69) is 25.7 Å². The van der Waals surface area contributed by atoms with Crippen LogP contribution < -0.4 is 10.6 Å². The quantitative estimate of drug-likeness (QED) is 0.714. The number of anilines is 3. The van der Waals surface area contributed by atoms with Crippen LogP contribution in [0.25, 0.3) is 11.3 Å². The molecule has 3 heterocycles. The monoisotopic (exact) mass is 372 g/mol. The van der Waals surface area contributed by atoms with Gasteiger partial charge in [-0.1, -0.05) is 6.07 Å². The molecular weight excluding hydrogens is 354 g/mol. The molecule has 0 spiro atoms. The van der Waals surface area contributed by atoms with Gasteiger partial charge < -0.3 is 10.6 Å². The van der Waals surface area contributed by atoms with Crippen molar-refractivity contribution in [3.8, 4) is 11.3 Å². The van der Waals surface area contributed by atoms with Crippen molar-refractivity contribution in [2.45, 2.75) is 19.8 Å². The highest BCUT2D eigenvalue weighted by atomic mass is 19.3. The van der Waals surface area contributed by atoms with Gasteiger partial charge >= 0.3 is 0 Å². The fourth-order valence-corrected chi connectivity index (χ4v) is 2.46. The third-order valence-electron chi connectivity index (χ3n) is 3.66. The van der Waals surface area contributed by atoms with Gasteiger partial charge in [0.15, 0.2) is 0 Å². The Kier molecular flexibility index (Phi) is 4.85. The van der Waals surface area contributed by atoms with Gasteiger partial charge in [-0.05, 0) is 18.2 Å². The number of hydrogen-bond acceptors (Lipinski definition) is 5. The number of halogens is 2. The summed E-state index contributed by atoms with van der Waals surface area (Å²) in [5, 5.41) is 9.96. The van der Waals surface area contributed by atoms with Crippen molar-refractivity contribution in [1.29, 1.82) is 0 Å². The molecule has 0 aromatic carbocycles. The predicted octanol–water partition coefficient (Wildman–Crippen LogP) is 3.69. The molecule has 0 saturated carbocycles. The molecule has 0 bridgehead atoms. The van der Waals surface area contributed by atoms with E-state index in [-0.39, 0.29) is 17.4 Å². The number of alkyl halides is 2. The van der Waals surface area contributed by atoms with Crippen molar-refractivity contribution < 1.29 is 13.6 Å². The molecule has 7 nitrogen and oxygen atoms in total. The van der Waals surface area contributed by atoms with Gasteiger partial charge in [0.2, 0.25) is 5.91 Å². The minimum Gasteiger partial charge on any atom is -0.340 e. The van der Waals surface area contributed by atoms with E-state index in [1.807, 2.05) is 0 Å². The Bertz CT molecular complexity index is 980. The SMILES string of the molecule is CC(=O)Nc1cc(Nc2cccc(C(C)(F)F)n2)c(-c2ccn(C)n2)cn1. The lowest BCUT2D eigenvalue weighted by molar-refractivity contribution is -0.114. The summed E-state index contributed by atoms with van der Waals surface area (Å²) in [6.07, 6.45) is 3.32. The minimum absolute atomic E-state index is 0.242. The van der Waals surface area contributed by atoms with Gasteiger partial charge in [0.05, 0.1) is 11.4 Å². The summed E-state index contributed by atoms with van der Waals surface area (Å²) in [6, 6.07) is 7.74. The molecule has 0 saturated heterocycles. The lowest BCUT2D eigenvalue weighted by Crippen LogP contribution is -2.11. The Morgan fingerprint density at radius 3 is 2.63 bits per heavy atom. The van der Waals surface area contributed by atoms with Crippen molar-refractivity contribution in [2.24, 2.45) is 7.05 Å². The largest absolute Gasteiger partial charge is 0.340 e. The molecule has 0 radical (unpaired) electrons. The summed E-state index contributed by atoms with van der Waals surface area (Å²) in [7, 11) is 1.78. The first-order valence-electron chi connectivity index (χ1n) is 8.12. The summed E-state index contributed by atoms with van der Waals surface area (Å²) in [5.74, 6) is -2.77. The molecule has 0 aliphatic rings. The number of nitrogens with one attached hydrogen (secondary N) is 2. The van der Waals surface area contributed by atoms with Crippen molar-refractivity contribution in [1.82, 2.24) is 19.7 Å². The maximum absolute atomic E-state index is 13.6. The van der Waals surface area contributed by atoms with E-state index in [1.165, 1.54) is 19.1 Å². The Morgan fingerprint density at radius 1 is 1.22 bits per heavy atom. The Balaban J connectivity index is 2.02. The highest BCUT2D eigenvalue weighted by Crippen LogP contribution is 2.31. The van der Waals surface area contributed by atoms with Crippen LogP contribution in [0.15, 0.2) is 42.7 Å². The summed E-state index contributed by atoms with van der Waals surface area (Å²) >= 11 is 0. The van der Waals surface area contributed by atoms with Crippen LogP contribution in [0.1, 0.15) is 19.5 Å². The number of amides is 1. The molecule has 3 aromatic rings. The number of aryl methyl sites for hydroxylation is 1. The second kappa shape index (κ2) is 7.10. The smallest absolute Gasteiger partial charge is 0.287 e. The molecule has 27 heavy (non-hydrogen) atoms. The van der Waals surface area contributed by atoms with Gasteiger partial charge in [0, 0.05) is 44.9 Å². The van der Waals surface area contributed by atoms with E-state index in [9.17, 15) is 13.6 Å². The van der Waals surface area contributed by atoms with Gasteiger partial charge in [0.1, 0.15) is 17.3 Å². The van der Waals surface area contributed by atoms with Crippen LogP contribution in [-0.2, 0) is 17.8 Å². The van der Waals surface area contributed by atoms with Crippen LogP contribution in [0.2, 0.25) is 0 Å². The van der Waals surface area contributed by atoms with Crippen LogP contribution in [0.4, 0.5) is 26.1 Å². The second-order valence-electron chi connectivity index (χ2n) is 6.09. The highest BCUT2D eigenvalue weighted by molar-refractivity contribution is 5.89. The van der Waals surface area contributed by atoms with E-state index >= 15 is 0 Å². The first-order valence-corrected chi connectivity index (χ1v) is 8.12. The van der Waals surface area contributed by atoms with Gasteiger partial charge in [-0.25, -0.2) is 9.97 Å². The van der Waals surface area contributed by atoms with E-state index in [1.54, 1.807) is 42.3 Å². The third-order valence-corrected chi connectivity index (χ3v) is 3.66. The molecule has 9 heteroatoms. The van der Waals surface area contributed by atoms with Crippen molar-refractivity contribution in [3.05, 3.63) is 48.4 Å².